The molecule has 2 heterocycles. The molecule has 1 saturated heterocycles. The minimum absolute atomic E-state index is 0.330. The van der Waals surface area contributed by atoms with E-state index in [4.69, 9.17) is 11.6 Å². The van der Waals surface area contributed by atoms with Crippen molar-refractivity contribution in [1.82, 2.24) is 29.4 Å². The molecule has 5 rings (SSSR count). The first-order valence-electron chi connectivity index (χ1n) is 10.3. The van der Waals surface area contributed by atoms with Crippen LogP contribution >= 0.6 is 11.6 Å². The molecule has 0 unspecified atom stereocenters. The van der Waals surface area contributed by atoms with E-state index in [9.17, 15) is 8.42 Å². The zero-order chi connectivity index (χ0) is 22.1. The van der Waals surface area contributed by atoms with E-state index in [0.717, 1.165) is 16.5 Å². The third kappa shape index (κ3) is 4.12. The number of sulfonamides is 1. The van der Waals surface area contributed by atoms with Crippen LogP contribution in [0.25, 0.3) is 16.5 Å². The lowest BCUT2D eigenvalue weighted by molar-refractivity contribution is 0.177. The van der Waals surface area contributed by atoms with Gasteiger partial charge in [0.25, 0.3) is 0 Å². The highest BCUT2D eigenvalue weighted by atomic mass is 35.5. The van der Waals surface area contributed by atoms with Crippen LogP contribution in [0.4, 0.5) is 0 Å². The van der Waals surface area contributed by atoms with Gasteiger partial charge in [-0.15, -0.1) is 5.10 Å². The van der Waals surface area contributed by atoms with E-state index in [2.05, 4.69) is 20.4 Å². The van der Waals surface area contributed by atoms with Gasteiger partial charge in [0.2, 0.25) is 10.0 Å². The van der Waals surface area contributed by atoms with E-state index >= 15 is 0 Å². The molecule has 3 aromatic carbocycles. The molecular formula is C22H21ClN6O2S. The molecule has 32 heavy (non-hydrogen) atoms. The van der Waals surface area contributed by atoms with E-state index in [1.807, 2.05) is 42.5 Å². The monoisotopic (exact) mass is 468 g/mol. The lowest BCUT2D eigenvalue weighted by Crippen LogP contribution is -2.48. The molecule has 0 aliphatic carbocycles. The largest absolute Gasteiger partial charge is 0.293 e. The SMILES string of the molecule is O=S(=O)(c1ccc2ccccc2c1)N1CCN(Cc2nnnn2-c2ccc(Cl)cc2)CC1. The van der Waals surface area contributed by atoms with Gasteiger partial charge in [-0.3, -0.25) is 4.90 Å². The van der Waals surface area contributed by atoms with E-state index in [1.165, 1.54) is 0 Å². The molecule has 0 amide bonds. The second-order valence-corrected chi connectivity index (χ2v) is 10.0. The average molecular weight is 469 g/mol. The fourth-order valence-electron chi connectivity index (χ4n) is 3.89. The Labute approximate surface area is 191 Å². The van der Waals surface area contributed by atoms with Crippen molar-refractivity contribution in [2.24, 2.45) is 0 Å². The van der Waals surface area contributed by atoms with Crippen LogP contribution in [-0.4, -0.2) is 64.0 Å². The molecule has 0 saturated carbocycles. The summed E-state index contributed by atoms with van der Waals surface area (Å²) in [5.41, 5.74) is 0.826. The number of hydrogen-bond acceptors (Lipinski definition) is 6. The van der Waals surface area contributed by atoms with Crippen molar-refractivity contribution in [2.45, 2.75) is 11.4 Å². The summed E-state index contributed by atoms with van der Waals surface area (Å²) in [5, 5.41) is 14.6. The van der Waals surface area contributed by atoms with Crippen LogP contribution in [0, 0.1) is 0 Å². The summed E-state index contributed by atoms with van der Waals surface area (Å²) in [7, 11) is -3.55. The number of tetrazole rings is 1. The summed E-state index contributed by atoms with van der Waals surface area (Å²) in [6.07, 6.45) is 0. The lowest BCUT2D eigenvalue weighted by Gasteiger charge is -2.33. The first kappa shape index (κ1) is 21.0. The molecule has 4 aromatic rings. The minimum Gasteiger partial charge on any atom is -0.293 e. The van der Waals surface area contributed by atoms with Crippen molar-refractivity contribution in [2.75, 3.05) is 26.2 Å². The first-order valence-corrected chi connectivity index (χ1v) is 12.1. The zero-order valence-corrected chi connectivity index (χ0v) is 18.7. The summed E-state index contributed by atoms with van der Waals surface area (Å²) in [6.45, 7) is 2.55. The van der Waals surface area contributed by atoms with Gasteiger partial charge in [0.1, 0.15) is 0 Å². The molecule has 0 atom stereocenters. The molecule has 10 heteroatoms. The van der Waals surface area contributed by atoms with E-state index in [1.54, 1.807) is 33.3 Å². The highest BCUT2D eigenvalue weighted by molar-refractivity contribution is 7.89. The van der Waals surface area contributed by atoms with Crippen LogP contribution in [0.15, 0.2) is 71.6 Å². The normalized spacial score (nSPS) is 15.9. The zero-order valence-electron chi connectivity index (χ0n) is 17.2. The van der Waals surface area contributed by atoms with Crippen LogP contribution in [0.3, 0.4) is 0 Å². The third-order valence-corrected chi connectivity index (χ3v) is 7.81. The van der Waals surface area contributed by atoms with Crippen molar-refractivity contribution in [3.63, 3.8) is 0 Å². The number of rotatable bonds is 5. The molecule has 164 valence electrons. The van der Waals surface area contributed by atoms with Gasteiger partial charge in [-0.05, 0) is 57.6 Å². The van der Waals surface area contributed by atoms with Crippen LogP contribution < -0.4 is 0 Å². The molecule has 0 bridgehead atoms. The number of fused-ring (bicyclic) bond motifs is 1. The number of nitrogens with zero attached hydrogens (tertiary/aromatic N) is 6. The molecule has 0 spiro atoms. The maximum Gasteiger partial charge on any atom is 0.243 e. The van der Waals surface area contributed by atoms with E-state index < -0.39 is 10.0 Å². The predicted octanol–water partition coefficient (Wildman–Crippen LogP) is 2.98. The third-order valence-electron chi connectivity index (χ3n) is 5.66. The van der Waals surface area contributed by atoms with Gasteiger partial charge in [0, 0.05) is 31.2 Å². The average Bonchev–Trinajstić information content (AvgIpc) is 3.27. The molecule has 0 radical (unpaired) electrons. The predicted molar refractivity (Wildman–Crippen MR) is 122 cm³/mol. The van der Waals surface area contributed by atoms with Crippen LogP contribution in [-0.2, 0) is 16.6 Å². The summed E-state index contributed by atoms with van der Waals surface area (Å²) >= 11 is 5.97. The van der Waals surface area contributed by atoms with Gasteiger partial charge in [-0.1, -0.05) is 41.9 Å². The summed E-state index contributed by atoms with van der Waals surface area (Å²) in [4.78, 5) is 2.49. The van der Waals surface area contributed by atoms with E-state index in [0.29, 0.717) is 48.5 Å². The van der Waals surface area contributed by atoms with Crippen molar-refractivity contribution in [3.8, 4) is 5.69 Å². The fraction of sp³-hybridized carbons (Fsp3) is 0.227. The topological polar surface area (TPSA) is 84.2 Å². The quantitative estimate of drug-likeness (QED) is 0.447. The molecule has 1 aromatic heterocycles. The number of benzene rings is 3. The van der Waals surface area contributed by atoms with Gasteiger partial charge in [-0.2, -0.15) is 8.99 Å². The highest BCUT2D eigenvalue weighted by Crippen LogP contribution is 2.23. The Morgan fingerprint density at radius 1 is 0.875 bits per heavy atom. The highest BCUT2D eigenvalue weighted by Gasteiger charge is 2.29. The van der Waals surface area contributed by atoms with Crippen molar-refractivity contribution in [3.05, 3.63) is 77.6 Å². The van der Waals surface area contributed by atoms with Crippen LogP contribution in [0.1, 0.15) is 5.82 Å². The number of halogens is 1. The smallest absolute Gasteiger partial charge is 0.243 e. The fourth-order valence-corrected chi connectivity index (χ4v) is 5.48. The molecule has 1 aliphatic rings. The van der Waals surface area contributed by atoms with Crippen molar-refractivity contribution >= 4 is 32.4 Å². The molecule has 0 N–H and O–H groups in total. The maximum absolute atomic E-state index is 13.2. The molecule has 8 nitrogen and oxygen atoms in total. The Kier molecular flexibility index (Phi) is 5.64. The Bertz CT molecular complexity index is 1350. The van der Waals surface area contributed by atoms with Gasteiger partial charge in [-0.25, -0.2) is 8.42 Å². The number of aromatic nitrogens is 4. The number of hydrogen-bond donors (Lipinski definition) is 0. The van der Waals surface area contributed by atoms with Gasteiger partial charge < -0.3 is 0 Å². The molecular weight excluding hydrogens is 448 g/mol. The van der Waals surface area contributed by atoms with Crippen LogP contribution in [0.5, 0.6) is 0 Å². The lowest BCUT2D eigenvalue weighted by atomic mass is 10.1. The second-order valence-electron chi connectivity index (χ2n) is 7.67. The van der Waals surface area contributed by atoms with Gasteiger partial charge in [0.05, 0.1) is 17.1 Å². The van der Waals surface area contributed by atoms with Crippen molar-refractivity contribution < 1.29 is 8.42 Å². The summed E-state index contributed by atoms with van der Waals surface area (Å²) in [6, 6.07) is 20.3. The Morgan fingerprint density at radius 3 is 2.34 bits per heavy atom. The Balaban J connectivity index is 1.27. The van der Waals surface area contributed by atoms with Crippen molar-refractivity contribution in [1.29, 1.82) is 0 Å². The Morgan fingerprint density at radius 2 is 1.59 bits per heavy atom. The summed E-state index contributed by atoms with van der Waals surface area (Å²) in [5.74, 6) is 0.693. The summed E-state index contributed by atoms with van der Waals surface area (Å²) < 4.78 is 29.6. The van der Waals surface area contributed by atoms with Crippen LogP contribution in [0.2, 0.25) is 5.02 Å². The standard InChI is InChI=1S/C22H21ClN6O2S/c23-19-6-8-20(9-7-19)29-22(24-25-26-29)16-27-11-13-28(14-12-27)32(30,31)21-10-5-17-3-1-2-4-18(17)15-21/h1-10,15H,11-14,16H2. The van der Waals surface area contributed by atoms with Gasteiger partial charge >= 0.3 is 0 Å². The van der Waals surface area contributed by atoms with Gasteiger partial charge in [0.15, 0.2) is 5.82 Å². The maximum atomic E-state index is 13.2. The minimum atomic E-state index is -3.55. The van der Waals surface area contributed by atoms with E-state index in [-0.39, 0.29) is 0 Å². The first-order chi connectivity index (χ1) is 15.5. The second kappa shape index (κ2) is 8.59. The Hall–Kier alpha value is -2.85. The molecule has 1 aliphatic heterocycles. The number of piperazine rings is 1. The molecule has 1 fully saturated rings.